The second-order valence-corrected chi connectivity index (χ2v) is 4.96. The second kappa shape index (κ2) is 5.92. The molecular formula is C14H16N2O6. The summed E-state index contributed by atoms with van der Waals surface area (Å²) in [4.78, 5) is 33.9. The topological polar surface area (TPSA) is 128 Å². The Balaban J connectivity index is 2.13. The number of primary amides is 1. The van der Waals surface area contributed by atoms with E-state index in [0.29, 0.717) is 12.8 Å². The highest BCUT2D eigenvalue weighted by Gasteiger charge is 2.51. The molecule has 0 atom stereocenters. The molecule has 0 radical (unpaired) electrons. The Kier molecular flexibility index (Phi) is 4.20. The summed E-state index contributed by atoms with van der Waals surface area (Å²) >= 11 is 0. The van der Waals surface area contributed by atoms with Crippen LogP contribution in [0.25, 0.3) is 0 Å². The average molecular weight is 308 g/mol. The molecule has 0 unspecified atom stereocenters. The van der Waals surface area contributed by atoms with E-state index >= 15 is 0 Å². The van der Waals surface area contributed by atoms with E-state index in [0.717, 1.165) is 0 Å². The van der Waals surface area contributed by atoms with Crippen molar-refractivity contribution >= 4 is 17.8 Å². The van der Waals surface area contributed by atoms with Gasteiger partial charge in [-0.05, 0) is 31.0 Å². The van der Waals surface area contributed by atoms with Crippen LogP contribution in [-0.2, 0) is 9.59 Å². The zero-order valence-corrected chi connectivity index (χ0v) is 11.9. The second-order valence-electron chi connectivity index (χ2n) is 4.96. The van der Waals surface area contributed by atoms with Crippen molar-refractivity contribution in [3.05, 3.63) is 23.8 Å². The molecule has 118 valence electrons. The molecule has 8 heteroatoms. The van der Waals surface area contributed by atoms with Crippen molar-refractivity contribution in [1.29, 1.82) is 0 Å². The lowest BCUT2D eigenvalue weighted by atomic mass is 10.1. The Bertz CT molecular complexity index is 624. The molecule has 1 aliphatic rings. The number of hydrogen-bond donors (Lipinski definition) is 3. The molecule has 1 aromatic rings. The number of carbonyl (C=O) groups excluding carboxylic acids is 2. The lowest BCUT2D eigenvalue weighted by Crippen LogP contribution is -2.43. The summed E-state index contributed by atoms with van der Waals surface area (Å²) in [6.45, 7) is -0.315. The number of ether oxygens (including phenoxy) is 2. The zero-order valence-electron chi connectivity index (χ0n) is 11.9. The van der Waals surface area contributed by atoms with Gasteiger partial charge in [-0.15, -0.1) is 0 Å². The van der Waals surface area contributed by atoms with Crippen molar-refractivity contribution in [3.63, 3.8) is 0 Å². The number of nitrogens with two attached hydrogens (primary N) is 1. The highest BCUT2D eigenvalue weighted by molar-refractivity contribution is 5.99. The van der Waals surface area contributed by atoms with E-state index in [1.807, 2.05) is 0 Å². The number of methoxy groups -OCH3 is 1. The summed E-state index contributed by atoms with van der Waals surface area (Å²) in [6.07, 6.45) is 0.816. The van der Waals surface area contributed by atoms with Crippen LogP contribution in [0.15, 0.2) is 18.2 Å². The third-order valence-corrected chi connectivity index (χ3v) is 3.31. The Morgan fingerprint density at radius 2 is 2.00 bits per heavy atom. The quantitative estimate of drug-likeness (QED) is 0.645. The van der Waals surface area contributed by atoms with E-state index in [2.05, 4.69) is 5.32 Å². The van der Waals surface area contributed by atoms with Gasteiger partial charge in [0.25, 0.3) is 11.8 Å². The molecule has 1 fully saturated rings. The Hall–Kier alpha value is -2.77. The van der Waals surface area contributed by atoms with Gasteiger partial charge in [-0.3, -0.25) is 9.59 Å². The van der Waals surface area contributed by atoms with Crippen LogP contribution in [0, 0.1) is 0 Å². The Morgan fingerprint density at radius 1 is 1.32 bits per heavy atom. The van der Waals surface area contributed by atoms with Crippen LogP contribution in [0.5, 0.6) is 11.5 Å². The minimum atomic E-state index is -1.16. The van der Waals surface area contributed by atoms with Crippen LogP contribution in [0.4, 0.5) is 0 Å². The molecule has 1 aromatic carbocycles. The highest BCUT2D eigenvalue weighted by atomic mass is 16.5. The van der Waals surface area contributed by atoms with Gasteiger partial charge in [0.05, 0.1) is 7.11 Å². The maximum absolute atomic E-state index is 12.1. The van der Waals surface area contributed by atoms with Gasteiger partial charge in [-0.2, -0.15) is 0 Å². The molecular weight excluding hydrogens is 292 g/mol. The molecule has 4 N–H and O–H groups in total. The van der Waals surface area contributed by atoms with Gasteiger partial charge >= 0.3 is 5.97 Å². The summed E-state index contributed by atoms with van der Waals surface area (Å²) in [6, 6.07) is 4.31. The fraction of sp³-hybridized carbons (Fsp3) is 0.357. The van der Waals surface area contributed by atoms with E-state index in [1.165, 1.54) is 25.3 Å². The minimum absolute atomic E-state index is 0.232. The maximum atomic E-state index is 12.1. The number of amides is 2. The first-order chi connectivity index (χ1) is 10.4. The molecule has 22 heavy (non-hydrogen) atoms. The molecule has 0 bridgehead atoms. The number of carboxylic acids is 1. The Labute approximate surface area is 126 Å². The van der Waals surface area contributed by atoms with Crippen LogP contribution < -0.4 is 20.5 Å². The predicted octanol–water partition coefficient (Wildman–Crippen LogP) is -0.0937. The average Bonchev–Trinajstić information content (AvgIpc) is 3.25. The number of hydrogen-bond acceptors (Lipinski definition) is 5. The Morgan fingerprint density at radius 3 is 2.50 bits per heavy atom. The van der Waals surface area contributed by atoms with Crippen LogP contribution >= 0.6 is 0 Å². The van der Waals surface area contributed by atoms with Crippen molar-refractivity contribution in [2.45, 2.75) is 18.4 Å². The fourth-order valence-electron chi connectivity index (χ4n) is 1.88. The molecule has 0 saturated heterocycles. The first kappa shape index (κ1) is 15.6. The molecule has 1 aliphatic carbocycles. The summed E-state index contributed by atoms with van der Waals surface area (Å²) in [5, 5.41) is 11.6. The minimum Gasteiger partial charge on any atom is -0.493 e. The molecule has 2 amide bonds. The van der Waals surface area contributed by atoms with E-state index in [1.54, 1.807) is 0 Å². The van der Waals surface area contributed by atoms with Gasteiger partial charge in [0.2, 0.25) is 0 Å². The first-order valence-electron chi connectivity index (χ1n) is 6.53. The van der Waals surface area contributed by atoms with Crippen LogP contribution in [0.1, 0.15) is 23.2 Å². The van der Waals surface area contributed by atoms with E-state index < -0.39 is 23.3 Å². The lowest BCUT2D eigenvalue weighted by molar-refractivity contribution is -0.140. The van der Waals surface area contributed by atoms with Gasteiger partial charge in [0.1, 0.15) is 5.54 Å². The SMILES string of the molecule is COc1cc(C(=O)NC2(C(=O)O)CC2)ccc1OCC(N)=O. The van der Waals surface area contributed by atoms with Crippen molar-refractivity contribution in [3.8, 4) is 11.5 Å². The molecule has 0 heterocycles. The summed E-state index contributed by atoms with van der Waals surface area (Å²) in [5.41, 5.74) is 4.06. The third kappa shape index (κ3) is 3.27. The lowest BCUT2D eigenvalue weighted by Gasteiger charge is -2.14. The number of carbonyl (C=O) groups is 3. The van der Waals surface area contributed by atoms with Crippen LogP contribution in [0.2, 0.25) is 0 Å². The molecule has 2 rings (SSSR count). The highest BCUT2D eigenvalue weighted by Crippen LogP contribution is 2.36. The predicted molar refractivity (Wildman–Crippen MR) is 74.8 cm³/mol. The van der Waals surface area contributed by atoms with Crippen molar-refractivity contribution in [2.75, 3.05) is 13.7 Å². The van der Waals surface area contributed by atoms with Crippen LogP contribution in [0.3, 0.4) is 0 Å². The van der Waals surface area contributed by atoms with E-state index in [-0.39, 0.29) is 23.7 Å². The van der Waals surface area contributed by atoms with Crippen molar-refractivity contribution in [2.24, 2.45) is 5.73 Å². The summed E-state index contributed by atoms with van der Waals surface area (Å²) in [7, 11) is 1.38. The van der Waals surface area contributed by atoms with Gasteiger partial charge in [0, 0.05) is 5.56 Å². The summed E-state index contributed by atoms with van der Waals surface area (Å²) in [5.74, 6) is -1.69. The van der Waals surface area contributed by atoms with Crippen LogP contribution in [-0.4, -0.2) is 42.1 Å². The van der Waals surface area contributed by atoms with E-state index in [9.17, 15) is 14.4 Å². The maximum Gasteiger partial charge on any atom is 0.329 e. The van der Waals surface area contributed by atoms with Gasteiger partial charge in [-0.25, -0.2) is 4.79 Å². The van der Waals surface area contributed by atoms with Crippen molar-refractivity contribution < 1.29 is 29.0 Å². The number of carboxylic acid groups (broad SMARTS) is 1. The zero-order chi connectivity index (χ0) is 16.3. The van der Waals surface area contributed by atoms with Gasteiger partial charge in [-0.1, -0.05) is 0 Å². The number of rotatable bonds is 7. The number of nitrogens with one attached hydrogen (secondary N) is 1. The molecule has 1 saturated carbocycles. The molecule has 8 nitrogen and oxygen atoms in total. The first-order valence-corrected chi connectivity index (χ1v) is 6.53. The smallest absolute Gasteiger partial charge is 0.329 e. The molecule has 0 spiro atoms. The van der Waals surface area contributed by atoms with Gasteiger partial charge < -0.3 is 25.6 Å². The van der Waals surface area contributed by atoms with Crippen molar-refractivity contribution in [1.82, 2.24) is 5.32 Å². The fourth-order valence-corrected chi connectivity index (χ4v) is 1.88. The number of aliphatic carboxylic acids is 1. The third-order valence-electron chi connectivity index (χ3n) is 3.31. The molecule has 0 aliphatic heterocycles. The monoisotopic (exact) mass is 308 g/mol. The van der Waals surface area contributed by atoms with Gasteiger partial charge in [0.15, 0.2) is 18.1 Å². The van der Waals surface area contributed by atoms with E-state index in [4.69, 9.17) is 20.3 Å². The largest absolute Gasteiger partial charge is 0.493 e. The normalized spacial score (nSPS) is 14.8. The molecule has 0 aromatic heterocycles. The standard InChI is InChI=1S/C14H16N2O6/c1-21-10-6-8(2-3-9(10)22-7-11(15)17)12(18)16-14(4-5-14)13(19)20/h2-3,6H,4-5,7H2,1H3,(H2,15,17)(H,16,18)(H,19,20). The number of benzene rings is 1. The summed E-state index contributed by atoms with van der Waals surface area (Å²) < 4.78 is 10.2.